The average Bonchev–Trinajstić information content (AvgIpc) is 2.31. The molecule has 0 aliphatic heterocycles. The molecule has 0 atom stereocenters. The van der Waals surface area contributed by atoms with Gasteiger partial charge in [-0.2, -0.15) is 11.8 Å². The molecule has 90 valence electrons. The van der Waals surface area contributed by atoms with Crippen LogP contribution >= 0.6 is 27.7 Å². The quantitative estimate of drug-likeness (QED) is 0.848. The van der Waals surface area contributed by atoms with Gasteiger partial charge in [-0.05, 0) is 36.1 Å². The number of aliphatic hydroxyl groups excluding tert-OH is 2. The molecule has 0 radical (unpaired) electrons. The van der Waals surface area contributed by atoms with Crippen LogP contribution in [0.2, 0.25) is 0 Å². The van der Waals surface area contributed by atoms with E-state index in [4.69, 9.17) is 0 Å². The molecule has 0 spiro atoms. The minimum Gasteiger partial charge on any atom is -0.395 e. The number of benzene rings is 1. The molecular formula is C12H17BrO2S. The number of thioether (sulfide) groups is 1. The summed E-state index contributed by atoms with van der Waals surface area (Å²) in [5, 5.41) is 19.1. The van der Waals surface area contributed by atoms with Crippen LogP contribution in [0.15, 0.2) is 28.7 Å². The summed E-state index contributed by atoms with van der Waals surface area (Å²) in [6.07, 6.45) is 2.80. The number of hydrogen-bond acceptors (Lipinski definition) is 3. The molecule has 16 heavy (non-hydrogen) atoms. The maximum absolute atomic E-state index is 9.56. The minimum absolute atomic E-state index is 0.0273. The Morgan fingerprint density at radius 3 is 2.50 bits per heavy atom. The van der Waals surface area contributed by atoms with Crippen molar-refractivity contribution in [3.63, 3.8) is 0 Å². The van der Waals surface area contributed by atoms with Gasteiger partial charge in [-0.3, -0.25) is 0 Å². The highest BCUT2D eigenvalue weighted by Gasteiger charge is 2.30. The zero-order chi connectivity index (χ0) is 12.0. The zero-order valence-corrected chi connectivity index (χ0v) is 11.7. The number of halogens is 1. The SMILES string of the molecule is CSCCC(CO)(CO)c1cccc(Br)c1. The fourth-order valence-corrected chi connectivity index (χ4v) is 2.64. The molecule has 1 aromatic rings. The summed E-state index contributed by atoms with van der Waals surface area (Å²) in [5.74, 6) is 0.924. The van der Waals surface area contributed by atoms with Crippen molar-refractivity contribution in [3.8, 4) is 0 Å². The van der Waals surface area contributed by atoms with E-state index in [9.17, 15) is 10.2 Å². The predicted molar refractivity (Wildman–Crippen MR) is 73.0 cm³/mol. The zero-order valence-electron chi connectivity index (χ0n) is 9.32. The number of hydrogen-bond donors (Lipinski definition) is 2. The lowest BCUT2D eigenvalue weighted by atomic mass is 9.79. The summed E-state index contributed by atoms with van der Waals surface area (Å²) in [6.45, 7) is -0.0545. The number of aliphatic hydroxyl groups is 2. The molecule has 4 heteroatoms. The molecule has 1 rings (SSSR count). The van der Waals surface area contributed by atoms with E-state index in [1.807, 2.05) is 30.5 Å². The molecule has 0 unspecified atom stereocenters. The normalized spacial score (nSPS) is 11.8. The highest BCUT2D eigenvalue weighted by molar-refractivity contribution is 9.10. The van der Waals surface area contributed by atoms with Crippen molar-refractivity contribution in [2.24, 2.45) is 0 Å². The van der Waals surface area contributed by atoms with E-state index in [0.717, 1.165) is 22.2 Å². The van der Waals surface area contributed by atoms with Crippen LogP contribution in [0.5, 0.6) is 0 Å². The Bertz CT molecular complexity index is 327. The highest BCUT2D eigenvalue weighted by Crippen LogP contribution is 2.30. The standard InChI is InChI=1S/C12H17BrO2S/c1-16-6-5-12(8-14,9-15)10-3-2-4-11(13)7-10/h2-4,7,14-15H,5-6,8-9H2,1H3. The Morgan fingerprint density at radius 1 is 1.31 bits per heavy atom. The average molecular weight is 305 g/mol. The maximum Gasteiger partial charge on any atom is 0.0550 e. The van der Waals surface area contributed by atoms with Gasteiger partial charge in [0.15, 0.2) is 0 Å². The van der Waals surface area contributed by atoms with E-state index in [2.05, 4.69) is 15.9 Å². The Balaban J connectivity index is 2.99. The van der Waals surface area contributed by atoms with E-state index >= 15 is 0 Å². The lowest BCUT2D eigenvalue weighted by Crippen LogP contribution is -2.35. The lowest BCUT2D eigenvalue weighted by molar-refractivity contribution is 0.114. The summed E-state index contributed by atoms with van der Waals surface area (Å²) in [6, 6.07) is 7.79. The smallest absolute Gasteiger partial charge is 0.0550 e. The van der Waals surface area contributed by atoms with Gasteiger partial charge in [0.1, 0.15) is 0 Å². The fourth-order valence-electron chi connectivity index (χ4n) is 1.65. The molecule has 0 saturated heterocycles. The van der Waals surface area contributed by atoms with Crippen LogP contribution in [-0.2, 0) is 5.41 Å². The minimum atomic E-state index is -0.521. The lowest BCUT2D eigenvalue weighted by Gasteiger charge is -2.30. The van der Waals surface area contributed by atoms with Crippen molar-refractivity contribution in [3.05, 3.63) is 34.3 Å². The van der Waals surface area contributed by atoms with Crippen molar-refractivity contribution in [2.75, 3.05) is 25.2 Å². The van der Waals surface area contributed by atoms with Crippen LogP contribution in [0.4, 0.5) is 0 Å². The van der Waals surface area contributed by atoms with Crippen molar-refractivity contribution < 1.29 is 10.2 Å². The molecular weight excluding hydrogens is 288 g/mol. The third kappa shape index (κ3) is 3.23. The first-order valence-electron chi connectivity index (χ1n) is 5.15. The van der Waals surface area contributed by atoms with Gasteiger partial charge in [0.25, 0.3) is 0 Å². The largest absolute Gasteiger partial charge is 0.395 e. The van der Waals surface area contributed by atoms with Crippen LogP contribution in [0.1, 0.15) is 12.0 Å². The van der Waals surface area contributed by atoms with Crippen molar-refractivity contribution in [1.29, 1.82) is 0 Å². The van der Waals surface area contributed by atoms with E-state index in [1.165, 1.54) is 0 Å². The van der Waals surface area contributed by atoms with Crippen LogP contribution in [0, 0.1) is 0 Å². The highest BCUT2D eigenvalue weighted by atomic mass is 79.9. The molecule has 0 aromatic heterocycles. The van der Waals surface area contributed by atoms with Gasteiger partial charge in [-0.1, -0.05) is 28.1 Å². The second-order valence-electron chi connectivity index (χ2n) is 3.85. The van der Waals surface area contributed by atoms with Crippen molar-refractivity contribution >= 4 is 27.7 Å². The predicted octanol–water partition coefficient (Wildman–Crippen LogP) is 2.42. The van der Waals surface area contributed by atoms with E-state index < -0.39 is 5.41 Å². The molecule has 2 nitrogen and oxygen atoms in total. The van der Waals surface area contributed by atoms with Crippen LogP contribution in [0.25, 0.3) is 0 Å². The summed E-state index contributed by atoms with van der Waals surface area (Å²) in [5.41, 5.74) is 0.466. The van der Waals surface area contributed by atoms with Gasteiger partial charge in [-0.25, -0.2) is 0 Å². The molecule has 1 aromatic carbocycles. The third-order valence-corrected chi connectivity index (χ3v) is 3.93. The first-order valence-corrected chi connectivity index (χ1v) is 7.34. The molecule has 0 bridgehead atoms. The van der Waals surface area contributed by atoms with Gasteiger partial charge in [0.05, 0.1) is 13.2 Å². The first kappa shape index (κ1) is 14.0. The third-order valence-electron chi connectivity index (χ3n) is 2.83. The van der Waals surface area contributed by atoms with Crippen molar-refractivity contribution in [1.82, 2.24) is 0 Å². The van der Waals surface area contributed by atoms with Crippen LogP contribution in [-0.4, -0.2) is 35.4 Å². The summed E-state index contributed by atoms with van der Waals surface area (Å²) in [7, 11) is 0. The van der Waals surface area contributed by atoms with Crippen LogP contribution in [0.3, 0.4) is 0 Å². The van der Waals surface area contributed by atoms with E-state index in [0.29, 0.717) is 0 Å². The number of rotatable bonds is 6. The van der Waals surface area contributed by atoms with E-state index in [-0.39, 0.29) is 13.2 Å². The molecule has 0 saturated carbocycles. The summed E-state index contributed by atoms with van der Waals surface area (Å²) >= 11 is 5.14. The molecule has 0 fully saturated rings. The fraction of sp³-hybridized carbons (Fsp3) is 0.500. The molecule has 0 heterocycles. The second-order valence-corrected chi connectivity index (χ2v) is 5.75. The molecule has 0 aliphatic carbocycles. The Kier molecular flexibility index (Phi) is 5.83. The topological polar surface area (TPSA) is 40.5 Å². The van der Waals surface area contributed by atoms with Gasteiger partial charge < -0.3 is 10.2 Å². The Labute approximate surface area is 109 Å². The van der Waals surface area contributed by atoms with Gasteiger partial charge in [-0.15, -0.1) is 0 Å². The summed E-state index contributed by atoms with van der Waals surface area (Å²) in [4.78, 5) is 0. The Hall–Kier alpha value is -0.0300. The van der Waals surface area contributed by atoms with E-state index in [1.54, 1.807) is 11.8 Å². The monoisotopic (exact) mass is 304 g/mol. The second kappa shape index (κ2) is 6.64. The van der Waals surface area contributed by atoms with Crippen LogP contribution < -0.4 is 0 Å². The van der Waals surface area contributed by atoms with Gasteiger partial charge in [0.2, 0.25) is 0 Å². The molecule has 0 aliphatic rings. The van der Waals surface area contributed by atoms with Gasteiger partial charge >= 0.3 is 0 Å². The molecule has 0 amide bonds. The maximum atomic E-state index is 9.56. The first-order chi connectivity index (χ1) is 7.68. The Morgan fingerprint density at radius 2 is 2.00 bits per heavy atom. The summed E-state index contributed by atoms with van der Waals surface area (Å²) < 4.78 is 0.973. The van der Waals surface area contributed by atoms with Crippen molar-refractivity contribution in [2.45, 2.75) is 11.8 Å². The van der Waals surface area contributed by atoms with Gasteiger partial charge in [0, 0.05) is 9.89 Å². The molecule has 2 N–H and O–H groups in total.